The van der Waals surface area contributed by atoms with Crippen molar-refractivity contribution in [2.45, 2.75) is 38.3 Å². The average Bonchev–Trinajstić information content (AvgIpc) is 3.55. The van der Waals surface area contributed by atoms with Crippen molar-refractivity contribution in [1.29, 1.82) is 0 Å². The molecule has 0 spiro atoms. The second-order valence-corrected chi connectivity index (χ2v) is 8.31. The molecule has 4 nitrogen and oxygen atoms in total. The second-order valence-electron chi connectivity index (χ2n) is 8.31. The zero-order valence-electron chi connectivity index (χ0n) is 16.7. The lowest BCUT2D eigenvalue weighted by atomic mass is 9.95. The Labute approximate surface area is 175 Å². The summed E-state index contributed by atoms with van der Waals surface area (Å²) < 4.78 is 0. The normalized spacial score (nSPS) is 15.3. The average molecular weight is 397 g/mol. The summed E-state index contributed by atoms with van der Waals surface area (Å²) >= 11 is 0. The summed E-state index contributed by atoms with van der Waals surface area (Å²) in [6.07, 6.45) is 2.85. The number of rotatable bonds is 6. The Bertz CT molecular complexity index is 1130. The van der Waals surface area contributed by atoms with E-state index in [0.717, 1.165) is 46.2 Å². The third-order valence-corrected chi connectivity index (χ3v) is 6.07. The summed E-state index contributed by atoms with van der Waals surface area (Å²) in [6, 6.07) is 21.7. The molecule has 0 radical (unpaired) electrons. The van der Waals surface area contributed by atoms with Crippen LogP contribution in [-0.4, -0.2) is 21.9 Å². The monoisotopic (exact) mass is 397 g/mol. The maximum Gasteiger partial charge on any atom is 0.335 e. The Morgan fingerprint density at radius 2 is 1.77 bits per heavy atom. The highest BCUT2D eigenvalue weighted by atomic mass is 16.4. The van der Waals surface area contributed by atoms with Crippen molar-refractivity contribution in [3.8, 4) is 0 Å². The smallest absolute Gasteiger partial charge is 0.335 e. The molecule has 3 aromatic rings. The van der Waals surface area contributed by atoms with Crippen molar-refractivity contribution in [2.75, 3.05) is 0 Å². The molecule has 2 aliphatic rings. The molecule has 1 amide bonds. The number of amides is 1. The molecule has 1 aliphatic heterocycles. The summed E-state index contributed by atoms with van der Waals surface area (Å²) in [4.78, 5) is 26.4. The minimum atomic E-state index is -0.877. The van der Waals surface area contributed by atoms with Gasteiger partial charge >= 0.3 is 5.97 Å². The topological polar surface area (TPSA) is 57.6 Å². The molecule has 3 aromatic carbocycles. The van der Waals surface area contributed by atoms with Gasteiger partial charge in [0.2, 0.25) is 0 Å². The molecule has 150 valence electrons. The first-order chi connectivity index (χ1) is 14.6. The van der Waals surface area contributed by atoms with Crippen LogP contribution in [-0.2, 0) is 19.5 Å². The van der Waals surface area contributed by atoms with Crippen LogP contribution in [0.25, 0.3) is 0 Å². The molecule has 0 bridgehead atoms. The van der Waals surface area contributed by atoms with Crippen LogP contribution in [0.4, 0.5) is 0 Å². The van der Waals surface area contributed by atoms with E-state index in [0.29, 0.717) is 31.0 Å². The molecule has 30 heavy (non-hydrogen) atoms. The predicted octanol–water partition coefficient (Wildman–Crippen LogP) is 5.01. The lowest BCUT2D eigenvalue weighted by Gasteiger charge is -2.15. The fraction of sp³-hybridized carbons (Fsp3) is 0.231. The van der Waals surface area contributed by atoms with Crippen molar-refractivity contribution in [1.82, 2.24) is 4.90 Å². The van der Waals surface area contributed by atoms with Crippen LogP contribution in [0.5, 0.6) is 0 Å². The molecule has 4 heteroatoms. The first kappa shape index (κ1) is 18.6. The Morgan fingerprint density at radius 1 is 0.967 bits per heavy atom. The summed E-state index contributed by atoms with van der Waals surface area (Å²) in [5.74, 6) is -0.294. The van der Waals surface area contributed by atoms with Crippen molar-refractivity contribution in [3.05, 3.63) is 106 Å². The number of hydrogen-bond donors (Lipinski definition) is 1. The number of benzene rings is 3. The van der Waals surface area contributed by atoms with Crippen molar-refractivity contribution >= 4 is 11.9 Å². The Morgan fingerprint density at radius 3 is 2.50 bits per heavy atom. The number of carboxylic acids is 1. The van der Waals surface area contributed by atoms with E-state index in [1.165, 1.54) is 0 Å². The van der Waals surface area contributed by atoms with E-state index in [2.05, 4.69) is 12.1 Å². The van der Waals surface area contributed by atoms with E-state index >= 15 is 0 Å². The van der Waals surface area contributed by atoms with Crippen LogP contribution >= 0.6 is 0 Å². The van der Waals surface area contributed by atoms with Gasteiger partial charge in [-0.15, -0.1) is 0 Å². The third-order valence-electron chi connectivity index (χ3n) is 6.07. The zero-order chi connectivity index (χ0) is 20.7. The molecular formula is C26H23NO3. The van der Waals surface area contributed by atoms with Gasteiger partial charge in [0.05, 0.1) is 5.56 Å². The van der Waals surface area contributed by atoms with Gasteiger partial charge in [-0.3, -0.25) is 4.79 Å². The number of fused-ring (bicyclic) bond motifs is 1. The molecule has 0 unspecified atom stereocenters. The molecule has 1 N–H and O–H groups in total. The molecule has 0 atom stereocenters. The molecule has 1 aliphatic carbocycles. The van der Waals surface area contributed by atoms with Crippen molar-refractivity contribution in [2.24, 2.45) is 0 Å². The first-order valence-electron chi connectivity index (χ1n) is 10.4. The Hall–Kier alpha value is -3.40. The van der Waals surface area contributed by atoms with E-state index in [1.807, 2.05) is 59.5 Å². The third kappa shape index (κ3) is 3.61. The van der Waals surface area contributed by atoms with Gasteiger partial charge in [0.25, 0.3) is 5.91 Å². The van der Waals surface area contributed by atoms with Gasteiger partial charge < -0.3 is 10.0 Å². The van der Waals surface area contributed by atoms with Gasteiger partial charge in [-0.1, -0.05) is 54.6 Å². The van der Waals surface area contributed by atoms with Crippen LogP contribution in [0.3, 0.4) is 0 Å². The summed E-state index contributed by atoms with van der Waals surface area (Å²) in [5.41, 5.74) is 6.24. The Kier molecular flexibility index (Phi) is 4.62. The fourth-order valence-electron chi connectivity index (χ4n) is 4.31. The van der Waals surface area contributed by atoms with Gasteiger partial charge in [0, 0.05) is 18.7 Å². The highest BCUT2D eigenvalue weighted by Crippen LogP contribution is 2.40. The molecule has 0 aromatic heterocycles. The molecule has 1 fully saturated rings. The van der Waals surface area contributed by atoms with Crippen molar-refractivity contribution < 1.29 is 14.7 Å². The maximum atomic E-state index is 12.8. The number of carbonyl (C=O) groups is 2. The number of carbonyl (C=O) groups excluding carboxylic acids is 1. The van der Waals surface area contributed by atoms with Gasteiger partial charge in [-0.05, 0) is 65.1 Å². The van der Waals surface area contributed by atoms with Crippen molar-refractivity contribution in [3.63, 3.8) is 0 Å². The van der Waals surface area contributed by atoms with Crippen LogP contribution in [0.2, 0.25) is 0 Å². The van der Waals surface area contributed by atoms with Crippen LogP contribution in [0, 0.1) is 0 Å². The summed E-state index contributed by atoms with van der Waals surface area (Å²) in [7, 11) is 0. The summed E-state index contributed by atoms with van der Waals surface area (Å²) in [5, 5.41) is 9.68. The van der Waals surface area contributed by atoms with Gasteiger partial charge in [0.15, 0.2) is 0 Å². The molecular weight excluding hydrogens is 374 g/mol. The minimum Gasteiger partial charge on any atom is -0.478 e. The minimum absolute atomic E-state index is 0.0559. The quantitative estimate of drug-likeness (QED) is 0.636. The number of hydrogen-bond acceptors (Lipinski definition) is 2. The van der Waals surface area contributed by atoms with Gasteiger partial charge in [-0.25, -0.2) is 4.79 Å². The van der Waals surface area contributed by atoms with E-state index in [-0.39, 0.29) is 5.91 Å². The molecule has 0 saturated heterocycles. The van der Waals surface area contributed by atoms with Gasteiger partial charge in [0.1, 0.15) is 0 Å². The Balaban J connectivity index is 1.37. The van der Waals surface area contributed by atoms with Crippen LogP contribution in [0.15, 0.2) is 66.7 Å². The summed E-state index contributed by atoms with van der Waals surface area (Å²) in [6.45, 7) is 1.18. The highest BCUT2D eigenvalue weighted by Gasteiger charge is 2.28. The van der Waals surface area contributed by atoms with Crippen LogP contribution in [0.1, 0.15) is 67.3 Å². The largest absolute Gasteiger partial charge is 0.478 e. The lowest BCUT2D eigenvalue weighted by molar-refractivity contribution is 0.0694. The standard InChI is InChI=1S/C26H23NO3/c28-25-23-11-6-18(13-22(23)16-27(25)15-17-4-2-1-3-5-17)12-21-10-9-20(19-7-8-19)14-24(21)26(29)30/h1-6,9-11,13-14,19H,7-8,12,15-16H2,(H,29,30). The number of carboxylic acid groups (broad SMARTS) is 1. The van der Waals surface area contributed by atoms with E-state index in [9.17, 15) is 14.7 Å². The van der Waals surface area contributed by atoms with Gasteiger partial charge in [-0.2, -0.15) is 0 Å². The maximum absolute atomic E-state index is 12.8. The zero-order valence-corrected chi connectivity index (χ0v) is 16.7. The fourth-order valence-corrected chi connectivity index (χ4v) is 4.31. The van der Waals surface area contributed by atoms with E-state index in [1.54, 1.807) is 0 Å². The predicted molar refractivity (Wildman–Crippen MR) is 115 cm³/mol. The molecule has 1 heterocycles. The van der Waals surface area contributed by atoms with Crippen LogP contribution < -0.4 is 0 Å². The highest BCUT2D eigenvalue weighted by molar-refractivity contribution is 5.98. The second kappa shape index (κ2) is 7.45. The molecule has 1 saturated carbocycles. The van der Waals surface area contributed by atoms with E-state index < -0.39 is 5.97 Å². The van der Waals surface area contributed by atoms with E-state index in [4.69, 9.17) is 0 Å². The SMILES string of the molecule is O=C(O)c1cc(C2CC2)ccc1Cc1ccc2c(c1)CN(Cc1ccccc1)C2=O. The lowest BCUT2D eigenvalue weighted by Crippen LogP contribution is -2.23. The number of aromatic carboxylic acids is 1. The molecule has 5 rings (SSSR count). The first-order valence-corrected chi connectivity index (χ1v) is 10.4. The number of nitrogens with zero attached hydrogens (tertiary/aromatic N) is 1.